The highest BCUT2D eigenvalue weighted by atomic mass is 79.9. The van der Waals surface area contributed by atoms with E-state index in [9.17, 15) is 13.2 Å². The van der Waals surface area contributed by atoms with E-state index in [1.165, 1.54) is 42.7 Å². The second-order valence-electron chi connectivity index (χ2n) is 8.00. The number of benzene rings is 3. The second kappa shape index (κ2) is 12.2. The molecule has 0 unspecified atom stereocenters. The molecule has 0 fully saturated rings. The largest absolute Gasteiger partial charge is 0.493 e. The van der Waals surface area contributed by atoms with Crippen LogP contribution >= 0.6 is 15.9 Å². The van der Waals surface area contributed by atoms with Gasteiger partial charge < -0.3 is 19.1 Å². The zero-order chi connectivity index (χ0) is 26.3. The molecule has 0 aliphatic heterocycles. The number of rotatable bonds is 11. The molecular formula is C26H29BrN2O6S. The Morgan fingerprint density at radius 2 is 1.42 bits per heavy atom. The van der Waals surface area contributed by atoms with Gasteiger partial charge in [-0.3, -0.25) is 4.79 Å². The summed E-state index contributed by atoms with van der Waals surface area (Å²) in [5.74, 6) is 1.03. The SMILES string of the molecule is COc1cc(CN(C)C(=O)CN(Cc2ccc(Br)cc2)S(=O)(=O)c2ccccc2)cc(OC)c1OC. The summed E-state index contributed by atoms with van der Waals surface area (Å²) in [6.07, 6.45) is 0. The molecule has 0 heterocycles. The van der Waals surface area contributed by atoms with E-state index in [1.807, 2.05) is 24.3 Å². The third kappa shape index (κ3) is 6.57. The number of hydrogen-bond acceptors (Lipinski definition) is 6. The first-order valence-electron chi connectivity index (χ1n) is 11.0. The number of amides is 1. The minimum Gasteiger partial charge on any atom is -0.493 e. The van der Waals surface area contributed by atoms with Crippen LogP contribution in [0.1, 0.15) is 11.1 Å². The average molecular weight is 577 g/mol. The second-order valence-corrected chi connectivity index (χ2v) is 10.8. The van der Waals surface area contributed by atoms with Gasteiger partial charge in [0.05, 0.1) is 32.8 Å². The Hall–Kier alpha value is -3.08. The Labute approximate surface area is 220 Å². The predicted molar refractivity (Wildman–Crippen MR) is 141 cm³/mol. The highest BCUT2D eigenvalue weighted by Gasteiger charge is 2.28. The summed E-state index contributed by atoms with van der Waals surface area (Å²) in [5, 5.41) is 0. The number of carbonyl (C=O) groups is 1. The fourth-order valence-electron chi connectivity index (χ4n) is 3.62. The van der Waals surface area contributed by atoms with Gasteiger partial charge in [0.25, 0.3) is 0 Å². The summed E-state index contributed by atoms with van der Waals surface area (Å²) < 4.78 is 45.1. The van der Waals surface area contributed by atoms with Crippen molar-refractivity contribution in [2.75, 3.05) is 34.9 Å². The Morgan fingerprint density at radius 1 is 0.833 bits per heavy atom. The van der Waals surface area contributed by atoms with Gasteiger partial charge in [0, 0.05) is 24.6 Å². The van der Waals surface area contributed by atoms with Crippen LogP contribution in [0, 0.1) is 0 Å². The lowest BCUT2D eigenvalue weighted by atomic mass is 10.1. The third-order valence-corrected chi connectivity index (χ3v) is 7.87. The van der Waals surface area contributed by atoms with Crippen molar-refractivity contribution in [2.45, 2.75) is 18.0 Å². The van der Waals surface area contributed by atoms with Gasteiger partial charge in [-0.05, 0) is 47.5 Å². The van der Waals surface area contributed by atoms with Crippen molar-refractivity contribution in [3.05, 3.63) is 82.3 Å². The fraction of sp³-hybridized carbons (Fsp3) is 0.269. The molecule has 0 aromatic heterocycles. The molecule has 0 bridgehead atoms. The van der Waals surface area contributed by atoms with Crippen LogP contribution in [-0.2, 0) is 27.9 Å². The van der Waals surface area contributed by atoms with Gasteiger partial charge in [-0.15, -0.1) is 0 Å². The molecular weight excluding hydrogens is 548 g/mol. The summed E-state index contributed by atoms with van der Waals surface area (Å²) in [6, 6.07) is 18.9. The molecule has 0 atom stereocenters. The molecule has 10 heteroatoms. The lowest BCUT2D eigenvalue weighted by molar-refractivity contribution is -0.130. The van der Waals surface area contributed by atoms with E-state index >= 15 is 0 Å². The molecule has 1 amide bonds. The minimum atomic E-state index is -3.92. The molecule has 0 N–H and O–H groups in total. The summed E-state index contributed by atoms with van der Waals surface area (Å²) in [6.45, 7) is -0.0600. The Morgan fingerprint density at radius 3 is 1.94 bits per heavy atom. The normalized spacial score (nSPS) is 11.3. The highest BCUT2D eigenvalue weighted by Crippen LogP contribution is 2.38. The predicted octanol–water partition coefficient (Wildman–Crippen LogP) is 4.32. The highest BCUT2D eigenvalue weighted by molar-refractivity contribution is 9.10. The fourth-order valence-corrected chi connectivity index (χ4v) is 5.28. The topological polar surface area (TPSA) is 85.4 Å². The standard InChI is InChI=1S/C26H29BrN2O6S/c1-28(16-20-14-23(33-2)26(35-4)24(15-20)34-3)25(30)18-29(17-19-10-12-21(27)13-11-19)36(31,32)22-8-6-5-7-9-22/h5-15H,16-18H2,1-4H3. The minimum absolute atomic E-state index is 0.0499. The van der Waals surface area contributed by atoms with Crippen molar-refractivity contribution in [2.24, 2.45) is 0 Å². The molecule has 0 spiro atoms. The molecule has 0 saturated carbocycles. The summed E-state index contributed by atoms with van der Waals surface area (Å²) in [4.78, 5) is 14.8. The van der Waals surface area contributed by atoms with Gasteiger partial charge in [-0.25, -0.2) is 8.42 Å². The van der Waals surface area contributed by atoms with Crippen LogP contribution in [0.25, 0.3) is 0 Å². The van der Waals surface area contributed by atoms with E-state index in [0.717, 1.165) is 15.6 Å². The molecule has 0 aliphatic carbocycles. The third-order valence-electron chi connectivity index (χ3n) is 5.53. The Balaban J connectivity index is 1.85. The van der Waals surface area contributed by atoms with E-state index in [2.05, 4.69) is 15.9 Å². The Bertz CT molecular complexity index is 1260. The molecule has 0 radical (unpaired) electrons. The average Bonchev–Trinajstić information content (AvgIpc) is 2.89. The van der Waals surface area contributed by atoms with Crippen LogP contribution < -0.4 is 14.2 Å². The number of halogens is 1. The summed E-state index contributed by atoms with van der Waals surface area (Å²) >= 11 is 3.39. The molecule has 192 valence electrons. The van der Waals surface area contributed by atoms with Crippen LogP contribution in [0.4, 0.5) is 0 Å². The van der Waals surface area contributed by atoms with E-state index in [0.29, 0.717) is 17.2 Å². The number of carbonyl (C=O) groups excluding carboxylic acids is 1. The van der Waals surface area contributed by atoms with Gasteiger partial charge in [-0.1, -0.05) is 46.3 Å². The van der Waals surface area contributed by atoms with Gasteiger partial charge in [-0.2, -0.15) is 4.31 Å². The summed E-state index contributed by atoms with van der Waals surface area (Å²) in [5.41, 5.74) is 1.50. The monoisotopic (exact) mass is 576 g/mol. The van der Waals surface area contributed by atoms with E-state index < -0.39 is 10.0 Å². The molecule has 0 saturated heterocycles. The smallest absolute Gasteiger partial charge is 0.243 e. The molecule has 3 rings (SSSR count). The van der Waals surface area contributed by atoms with Gasteiger partial charge >= 0.3 is 0 Å². The zero-order valence-corrected chi connectivity index (χ0v) is 23.0. The molecule has 3 aromatic rings. The zero-order valence-electron chi connectivity index (χ0n) is 20.6. The number of nitrogens with zero attached hydrogens (tertiary/aromatic N) is 2. The van der Waals surface area contributed by atoms with Crippen LogP contribution in [0.5, 0.6) is 17.2 Å². The number of ether oxygens (including phenoxy) is 3. The van der Waals surface area contributed by atoms with E-state index in [4.69, 9.17) is 14.2 Å². The van der Waals surface area contributed by atoms with Gasteiger partial charge in [0.15, 0.2) is 11.5 Å². The maximum atomic E-state index is 13.5. The van der Waals surface area contributed by atoms with Gasteiger partial charge in [0.1, 0.15) is 0 Å². The maximum Gasteiger partial charge on any atom is 0.243 e. The lowest BCUT2D eigenvalue weighted by Crippen LogP contribution is -2.40. The van der Waals surface area contributed by atoms with E-state index in [-0.39, 0.29) is 30.4 Å². The van der Waals surface area contributed by atoms with Gasteiger partial charge in [0.2, 0.25) is 21.7 Å². The van der Waals surface area contributed by atoms with Crippen LogP contribution in [0.2, 0.25) is 0 Å². The maximum absolute atomic E-state index is 13.5. The number of methoxy groups -OCH3 is 3. The number of sulfonamides is 1. The van der Waals surface area contributed by atoms with Crippen LogP contribution in [0.15, 0.2) is 76.1 Å². The molecule has 36 heavy (non-hydrogen) atoms. The number of hydrogen-bond donors (Lipinski definition) is 0. The van der Waals surface area contributed by atoms with Crippen molar-refractivity contribution in [1.82, 2.24) is 9.21 Å². The summed E-state index contributed by atoms with van der Waals surface area (Å²) in [7, 11) is 2.25. The van der Waals surface area contributed by atoms with Crippen molar-refractivity contribution in [3.63, 3.8) is 0 Å². The first-order chi connectivity index (χ1) is 17.2. The first kappa shape index (κ1) is 27.5. The van der Waals surface area contributed by atoms with Crippen LogP contribution in [0.3, 0.4) is 0 Å². The molecule has 3 aromatic carbocycles. The quantitative estimate of drug-likeness (QED) is 0.338. The van der Waals surface area contributed by atoms with E-state index in [1.54, 1.807) is 37.4 Å². The van der Waals surface area contributed by atoms with Crippen molar-refractivity contribution < 1.29 is 27.4 Å². The van der Waals surface area contributed by atoms with Crippen molar-refractivity contribution >= 4 is 31.9 Å². The number of likely N-dealkylation sites (N-methyl/N-ethyl adjacent to an activating group) is 1. The molecule has 0 aliphatic rings. The Kier molecular flexibility index (Phi) is 9.36. The van der Waals surface area contributed by atoms with Crippen molar-refractivity contribution in [1.29, 1.82) is 0 Å². The lowest BCUT2D eigenvalue weighted by Gasteiger charge is -2.25. The van der Waals surface area contributed by atoms with Crippen molar-refractivity contribution in [3.8, 4) is 17.2 Å². The van der Waals surface area contributed by atoms with Crippen LogP contribution in [-0.4, -0.2) is 58.5 Å². The first-order valence-corrected chi connectivity index (χ1v) is 13.3. The molecule has 8 nitrogen and oxygen atoms in total.